The molecular weight excluding hydrogens is 267 g/mol. The second-order valence-electron chi connectivity index (χ2n) is 3.14. The fourth-order valence-corrected chi connectivity index (χ4v) is 1.19. The van der Waals surface area contributed by atoms with Gasteiger partial charge in [-0.2, -0.15) is 5.26 Å². The minimum Gasteiger partial charge on any atom is -0.462 e. The van der Waals surface area contributed by atoms with Gasteiger partial charge in [0.1, 0.15) is 23.0 Å². The molecule has 0 bridgehead atoms. The first-order chi connectivity index (χ1) is 8.80. The Kier molecular flexibility index (Phi) is 4.16. The van der Waals surface area contributed by atoms with E-state index >= 15 is 0 Å². The topological polar surface area (TPSA) is 98.2 Å². The van der Waals surface area contributed by atoms with E-state index in [-0.39, 0.29) is 6.61 Å². The lowest BCUT2D eigenvalue weighted by Gasteiger charge is -2.14. The molecule has 1 rings (SSSR count). The van der Waals surface area contributed by atoms with Crippen molar-refractivity contribution in [1.29, 1.82) is 5.26 Å². The zero-order chi connectivity index (χ0) is 14.6. The summed E-state index contributed by atoms with van der Waals surface area (Å²) in [6.07, 6.45) is -4.32. The Morgan fingerprint density at radius 2 is 2.21 bits per heavy atom. The number of rotatable bonds is 3. The highest BCUT2D eigenvalue weighted by atomic mass is 19.4. The summed E-state index contributed by atoms with van der Waals surface area (Å²) in [5, 5.41) is 8.76. The predicted octanol–water partition coefficient (Wildman–Crippen LogP) is 1.61. The molecule has 6 nitrogen and oxygen atoms in total. The molecule has 1 aromatic rings. The molecule has 19 heavy (non-hydrogen) atoms. The molecule has 0 aliphatic heterocycles. The van der Waals surface area contributed by atoms with Gasteiger partial charge in [-0.1, -0.05) is 0 Å². The first-order valence-electron chi connectivity index (χ1n) is 4.91. The molecule has 0 fully saturated rings. The van der Waals surface area contributed by atoms with Gasteiger partial charge < -0.3 is 15.2 Å². The molecular formula is C10H8F3N3O3. The van der Waals surface area contributed by atoms with Crippen molar-refractivity contribution in [2.75, 3.05) is 12.3 Å². The number of carbonyl (C=O) groups excluding carboxylic acids is 1. The number of hydrogen-bond donors (Lipinski definition) is 1. The van der Waals surface area contributed by atoms with Crippen LogP contribution >= 0.6 is 0 Å². The maximum atomic E-state index is 12.3. The van der Waals surface area contributed by atoms with E-state index in [0.717, 1.165) is 6.20 Å². The van der Waals surface area contributed by atoms with E-state index in [1.807, 2.05) is 0 Å². The molecule has 1 heterocycles. The van der Waals surface area contributed by atoms with Crippen LogP contribution < -0.4 is 10.5 Å². The Labute approximate surface area is 105 Å². The molecule has 0 saturated carbocycles. The van der Waals surface area contributed by atoms with Crippen molar-refractivity contribution in [2.24, 2.45) is 0 Å². The number of hydrogen-bond acceptors (Lipinski definition) is 6. The van der Waals surface area contributed by atoms with Crippen molar-refractivity contribution in [1.82, 2.24) is 4.98 Å². The monoisotopic (exact) mass is 275 g/mol. The maximum Gasteiger partial charge on any atom is 0.573 e. The van der Waals surface area contributed by atoms with Gasteiger partial charge in [0.2, 0.25) is 0 Å². The number of pyridine rings is 1. The number of nitriles is 1. The number of esters is 1. The van der Waals surface area contributed by atoms with Crippen LogP contribution in [0.3, 0.4) is 0 Å². The van der Waals surface area contributed by atoms with E-state index < -0.39 is 35.0 Å². The van der Waals surface area contributed by atoms with Crippen molar-refractivity contribution >= 4 is 11.8 Å². The van der Waals surface area contributed by atoms with Crippen LogP contribution in [0, 0.1) is 11.3 Å². The third-order valence-corrected chi connectivity index (χ3v) is 1.89. The third kappa shape index (κ3) is 3.48. The average Bonchev–Trinajstić information content (AvgIpc) is 2.27. The molecule has 0 amide bonds. The molecule has 102 valence electrons. The number of halogens is 3. The highest BCUT2D eigenvalue weighted by molar-refractivity contribution is 5.93. The van der Waals surface area contributed by atoms with Crippen molar-refractivity contribution in [2.45, 2.75) is 13.3 Å². The summed E-state index contributed by atoms with van der Waals surface area (Å²) in [5.74, 6) is -2.58. The van der Waals surface area contributed by atoms with E-state index in [1.54, 1.807) is 0 Å². The third-order valence-electron chi connectivity index (χ3n) is 1.89. The quantitative estimate of drug-likeness (QED) is 0.841. The zero-order valence-corrected chi connectivity index (χ0v) is 9.61. The van der Waals surface area contributed by atoms with Crippen molar-refractivity contribution in [3.63, 3.8) is 0 Å². The molecule has 0 spiro atoms. The number of anilines is 1. The van der Waals surface area contributed by atoms with E-state index in [1.165, 1.54) is 13.0 Å². The van der Waals surface area contributed by atoms with Crippen LogP contribution in [0.5, 0.6) is 5.75 Å². The SMILES string of the molecule is CCOC(=O)c1cnc(N)c(C#N)c1OC(F)(F)F. The Bertz CT molecular complexity index is 537. The Morgan fingerprint density at radius 3 is 2.68 bits per heavy atom. The number of aromatic nitrogens is 1. The normalized spacial score (nSPS) is 10.7. The minimum atomic E-state index is -5.08. The highest BCUT2D eigenvalue weighted by Crippen LogP contribution is 2.32. The summed E-state index contributed by atoms with van der Waals surface area (Å²) in [5.41, 5.74) is 3.96. The lowest BCUT2D eigenvalue weighted by molar-refractivity contribution is -0.274. The van der Waals surface area contributed by atoms with Crippen LogP contribution in [0.15, 0.2) is 6.20 Å². The Hall–Kier alpha value is -2.50. The van der Waals surface area contributed by atoms with Crippen molar-refractivity contribution in [3.8, 4) is 11.8 Å². The number of alkyl halides is 3. The number of ether oxygens (including phenoxy) is 2. The van der Waals surface area contributed by atoms with Gasteiger partial charge in [0, 0.05) is 6.20 Å². The van der Waals surface area contributed by atoms with Gasteiger partial charge in [0.05, 0.1) is 6.61 Å². The molecule has 0 atom stereocenters. The molecule has 0 aliphatic carbocycles. The van der Waals surface area contributed by atoms with Crippen LogP contribution in [-0.4, -0.2) is 23.9 Å². The number of nitrogens with two attached hydrogens (primary N) is 1. The van der Waals surface area contributed by atoms with Crippen LogP contribution in [0.25, 0.3) is 0 Å². The molecule has 9 heteroatoms. The molecule has 0 aliphatic rings. The summed E-state index contributed by atoms with van der Waals surface area (Å²) in [6.45, 7) is 1.41. The number of nitrogens with zero attached hydrogens (tertiary/aromatic N) is 2. The van der Waals surface area contributed by atoms with E-state index in [4.69, 9.17) is 11.0 Å². The standard InChI is InChI=1S/C10H8F3N3O3/c1-2-18-9(17)6-4-16-8(15)5(3-14)7(6)19-10(11,12)13/h4H,2H2,1H3,(H2,15,16). The second-order valence-corrected chi connectivity index (χ2v) is 3.14. The molecule has 0 saturated heterocycles. The first kappa shape index (κ1) is 14.6. The minimum absolute atomic E-state index is 0.0590. The van der Waals surface area contributed by atoms with Gasteiger partial charge in [0.15, 0.2) is 5.75 Å². The lowest BCUT2D eigenvalue weighted by atomic mass is 10.1. The molecule has 2 N–H and O–H groups in total. The Balaban J connectivity index is 3.39. The molecule has 0 radical (unpaired) electrons. The zero-order valence-electron chi connectivity index (χ0n) is 9.61. The van der Waals surface area contributed by atoms with Gasteiger partial charge in [0.25, 0.3) is 0 Å². The lowest BCUT2D eigenvalue weighted by Crippen LogP contribution is -2.21. The summed E-state index contributed by atoms with van der Waals surface area (Å²) >= 11 is 0. The average molecular weight is 275 g/mol. The van der Waals surface area contributed by atoms with Crippen LogP contribution in [0.2, 0.25) is 0 Å². The molecule has 1 aromatic heterocycles. The van der Waals surface area contributed by atoms with Gasteiger partial charge in [-0.3, -0.25) is 0 Å². The van der Waals surface area contributed by atoms with Crippen LogP contribution in [0.1, 0.15) is 22.8 Å². The summed E-state index contributed by atoms with van der Waals surface area (Å²) in [7, 11) is 0. The van der Waals surface area contributed by atoms with Gasteiger partial charge in [-0.05, 0) is 6.92 Å². The Morgan fingerprint density at radius 1 is 1.58 bits per heavy atom. The fraction of sp³-hybridized carbons (Fsp3) is 0.300. The van der Waals surface area contributed by atoms with E-state index in [0.29, 0.717) is 0 Å². The van der Waals surface area contributed by atoms with Crippen molar-refractivity contribution < 1.29 is 27.4 Å². The molecule has 0 aromatic carbocycles. The highest BCUT2D eigenvalue weighted by Gasteiger charge is 2.35. The fourth-order valence-electron chi connectivity index (χ4n) is 1.19. The predicted molar refractivity (Wildman–Crippen MR) is 56.0 cm³/mol. The second kappa shape index (κ2) is 5.43. The summed E-state index contributed by atoms with van der Waals surface area (Å²) in [6, 6.07) is 1.40. The molecule has 0 unspecified atom stereocenters. The van der Waals surface area contributed by atoms with Crippen molar-refractivity contribution in [3.05, 3.63) is 17.3 Å². The van der Waals surface area contributed by atoms with Gasteiger partial charge in [-0.25, -0.2) is 9.78 Å². The van der Waals surface area contributed by atoms with Crippen LogP contribution in [-0.2, 0) is 4.74 Å². The summed E-state index contributed by atoms with van der Waals surface area (Å²) < 4.78 is 45.0. The van der Waals surface area contributed by atoms with Gasteiger partial charge in [-0.15, -0.1) is 13.2 Å². The van der Waals surface area contributed by atoms with Crippen LogP contribution in [0.4, 0.5) is 19.0 Å². The maximum absolute atomic E-state index is 12.3. The number of nitrogen functional groups attached to an aromatic ring is 1. The largest absolute Gasteiger partial charge is 0.573 e. The van der Waals surface area contributed by atoms with Gasteiger partial charge >= 0.3 is 12.3 Å². The first-order valence-corrected chi connectivity index (χ1v) is 4.91. The van der Waals surface area contributed by atoms with E-state index in [9.17, 15) is 18.0 Å². The summed E-state index contributed by atoms with van der Waals surface area (Å²) in [4.78, 5) is 14.9. The smallest absolute Gasteiger partial charge is 0.462 e. The number of carbonyl (C=O) groups is 1. The van der Waals surface area contributed by atoms with E-state index in [2.05, 4.69) is 14.5 Å².